The van der Waals surface area contributed by atoms with E-state index in [-0.39, 0.29) is 29.9 Å². The van der Waals surface area contributed by atoms with Crippen LogP contribution in [0.5, 0.6) is 0 Å². The molecule has 0 saturated carbocycles. The average Bonchev–Trinajstić information content (AvgIpc) is 2.54. The van der Waals surface area contributed by atoms with Crippen LogP contribution in [0.2, 0.25) is 0 Å². The summed E-state index contributed by atoms with van der Waals surface area (Å²) in [6.07, 6.45) is 2.61. The SMILES string of the molecule is Cl.NC1(OCc2ccccc2)C=c2cccc([N+](=O)[O-])c2=CC1=O. The van der Waals surface area contributed by atoms with Gasteiger partial charge in [0.2, 0.25) is 11.5 Å². The highest BCUT2D eigenvalue weighted by Crippen LogP contribution is 2.15. The van der Waals surface area contributed by atoms with E-state index in [0.717, 1.165) is 5.56 Å². The molecule has 0 saturated heterocycles. The van der Waals surface area contributed by atoms with E-state index in [0.29, 0.717) is 5.22 Å². The van der Waals surface area contributed by atoms with E-state index in [1.807, 2.05) is 30.3 Å². The normalized spacial score (nSPS) is 18.6. The number of nitrogens with two attached hydrogens (primary N) is 1. The van der Waals surface area contributed by atoms with Crippen molar-refractivity contribution >= 4 is 36.0 Å². The second-order valence-corrected chi connectivity index (χ2v) is 5.26. The number of hydrogen-bond donors (Lipinski definition) is 1. The van der Waals surface area contributed by atoms with Crippen LogP contribution in [0.3, 0.4) is 0 Å². The summed E-state index contributed by atoms with van der Waals surface area (Å²) in [6, 6.07) is 13.9. The molecule has 0 aliphatic heterocycles. The number of nitro benzene ring substituents is 1. The number of benzene rings is 2. The van der Waals surface area contributed by atoms with Gasteiger partial charge in [0.1, 0.15) is 0 Å². The molecule has 0 radical (unpaired) electrons. The van der Waals surface area contributed by atoms with E-state index in [9.17, 15) is 14.9 Å². The Morgan fingerprint density at radius 2 is 1.83 bits per heavy atom. The third-order valence-corrected chi connectivity index (χ3v) is 3.66. The van der Waals surface area contributed by atoms with Crippen LogP contribution in [-0.4, -0.2) is 16.4 Å². The monoisotopic (exact) mass is 346 g/mol. The zero-order valence-electron chi connectivity index (χ0n) is 12.5. The summed E-state index contributed by atoms with van der Waals surface area (Å²) in [5.74, 6) is -0.518. The van der Waals surface area contributed by atoms with Crippen molar-refractivity contribution in [3.8, 4) is 0 Å². The average molecular weight is 347 g/mol. The molecule has 7 heteroatoms. The van der Waals surface area contributed by atoms with E-state index in [1.54, 1.807) is 12.1 Å². The summed E-state index contributed by atoms with van der Waals surface area (Å²) >= 11 is 0. The van der Waals surface area contributed by atoms with Gasteiger partial charge < -0.3 is 4.74 Å². The summed E-state index contributed by atoms with van der Waals surface area (Å²) in [5.41, 5.74) is 5.19. The first kappa shape index (κ1) is 17.8. The lowest BCUT2D eigenvalue weighted by Crippen LogP contribution is -2.53. The Morgan fingerprint density at radius 1 is 1.12 bits per heavy atom. The maximum absolute atomic E-state index is 12.3. The molecule has 3 rings (SSSR count). The smallest absolute Gasteiger partial charge is 0.277 e. The number of carbonyl (C=O) groups is 1. The molecule has 2 N–H and O–H groups in total. The topological polar surface area (TPSA) is 95.5 Å². The van der Waals surface area contributed by atoms with Gasteiger partial charge in [-0.05, 0) is 16.9 Å². The molecular weight excluding hydrogens is 332 g/mol. The van der Waals surface area contributed by atoms with Gasteiger partial charge in [0.05, 0.1) is 16.7 Å². The first-order chi connectivity index (χ1) is 11.0. The van der Waals surface area contributed by atoms with E-state index in [2.05, 4.69) is 0 Å². The Labute approximate surface area is 143 Å². The van der Waals surface area contributed by atoms with Crippen molar-refractivity contribution in [2.24, 2.45) is 5.73 Å². The molecule has 1 unspecified atom stereocenters. The third kappa shape index (κ3) is 3.35. The van der Waals surface area contributed by atoms with Crippen LogP contribution in [0.1, 0.15) is 5.56 Å². The fraction of sp³-hybridized carbons (Fsp3) is 0.118. The Hall–Kier alpha value is -2.54. The lowest BCUT2D eigenvalue weighted by Gasteiger charge is -2.25. The van der Waals surface area contributed by atoms with E-state index < -0.39 is 16.4 Å². The van der Waals surface area contributed by atoms with Crippen LogP contribution in [0, 0.1) is 10.1 Å². The van der Waals surface area contributed by atoms with Gasteiger partial charge in [0.15, 0.2) is 0 Å². The van der Waals surface area contributed by atoms with Crippen molar-refractivity contribution in [3.63, 3.8) is 0 Å². The first-order valence-corrected chi connectivity index (χ1v) is 6.99. The summed E-state index contributed by atoms with van der Waals surface area (Å²) in [4.78, 5) is 22.8. The number of ketones is 1. The minimum Gasteiger partial charge on any atom is -0.345 e. The molecule has 24 heavy (non-hydrogen) atoms. The molecule has 6 nitrogen and oxygen atoms in total. The number of hydrogen-bond acceptors (Lipinski definition) is 5. The molecule has 1 aliphatic carbocycles. The van der Waals surface area contributed by atoms with Gasteiger partial charge in [-0.25, -0.2) is 0 Å². The van der Waals surface area contributed by atoms with Crippen molar-refractivity contribution in [3.05, 3.63) is 74.6 Å². The van der Waals surface area contributed by atoms with Gasteiger partial charge >= 0.3 is 0 Å². The molecule has 2 aromatic rings. The Balaban J connectivity index is 0.00000208. The number of halogens is 1. The molecule has 0 heterocycles. The molecular formula is C17H15ClN2O4. The van der Waals surface area contributed by atoms with E-state index in [4.69, 9.17) is 10.5 Å². The molecule has 0 amide bonds. The van der Waals surface area contributed by atoms with Crippen LogP contribution in [0.4, 0.5) is 5.69 Å². The zero-order chi connectivity index (χ0) is 16.4. The standard InChI is InChI=1S/C17H14N2O4.ClH/c18-17(23-11-12-5-2-1-3-6-12)10-13-7-4-8-15(19(21)22)14(13)9-16(17)20;/h1-10H,11,18H2;1H. The molecule has 0 aromatic heterocycles. The molecule has 0 fully saturated rings. The molecule has 1 atom stereocenters. The van der Waals surface area contributed by atoms with Crippen molar-refractivity contribution in [2.45, 2.75) is 12.3 Å². The quantitative estimate of drug-likeness (QED) is 0.507. The van der Waals surface area contributed by atoms with Crippen LogP contribution in [0.25, 0.3) is 12.2 Å². The number of rotatable bonds is 4. The predicted molar refractivity (Wildman–Crippen MR) is 91.7 cm³/mol. The Kier molecular flexibility index (Phi) is 5.14. The van der Waals surface area contributed by atoms with Gasteiger partial charge in [0.25, 0.3) is 5.69 Å². The van der Waals surface area contributed by atoms with Crippen LogP contribution in [0.15, 0.2) is 48.5 Å². The molecule has 0 bridgehead atoms. The molecule has 2 aromatic carbocycles. The van der Waals surface area contributed by atoms with Crippen LogP contribution >= 0.6 is 12.4 Å². The summed E-state index contributed by atoms with van der Waals surface area (Å²) in [7, 11) is 0. The fourth-order valence-electron chi connectivity index (χ4n) is 2.45. The van der Waals surface area contributed by atoms with Crippen molar-refractivity contribution in [1.29, 1.82) is 0 Å². The number of ether oxygens (including phenoxy) is 1. The molecule has 0 spiro atoms. The highest BCUT2D eigenvalue weighted by molar-refractivity contribution is 6.15. The number of non-ortho nitro benzene ring substituents is 1. The summed E-state index contributed by atoms with van der Waals surface area (Å²) in [5, 5.41) is 11.8. The van der Waals surface area contributed by atoms with Crippen molar-refractivity contribution in [1.82, 2.24) is 0 Å². The minimum absolute atomic E-state index is 0. The zero-order valence-corrected chi connectivity index (χ0v) is 13.4. The van der Waals surface area contributed by atoms with Gasteiger partial charge in [-0.15, -0.1) is 12.4 Å². The van der Waals surface area contributed by atoms with Crippen LogP contribution in [-0.2, 0) is 16.1 Å². The van der Waals surface area contributed by atoms with Crippen molar-refractivity contribution < 1.29 is 14.5 Å². The highest BCUT2D eigenvalue weighted by atomic mass is 35.5. The molecule has 124 valence electrons. The number of fused-ring (bicyclic) bond motifs is 1. The van der Waals surface area contributed by atoms with E-state index >= 15 is 0 Å². The maximum Gasteiger partial charge on any atom is 0.277 e. The van der Waals surface area contributed by atoms with Crippen LogP contribution < -0.4 is 16.2 Å². The maximum atomic E-state index is 12.3. The molecule has 1 aliphatic rings. The number of nitrogens with zero attached hydrogens (tertiary/aromatic N) is 1. The number of Topliss-reactive ketones (excluding diaryl/α,β-unsaturated/α-hetero) is 1. The van der Waals surface area contributed by atoms with Gasteiger partial charge in [-0.2, -0.15) is 0 Å². The minimum atomic E-state index is -1.63. The predicted octanol–water partition coefficient (Wildman–Crippen LogP) is 1.03. The number of nitro groups is 1. The van der Waals surface area contributed by atoms with Gasteiger partial charge in [0, 0.05) is 12.1 Å². The number of carbonyl (C=O) groups excluding carboxylic acids is 1. The lowest BCUT2D eigenvalue weighted by atomic mass is 9.98. The second kappa shape index (κ2) is 6.92. The first-order valence-electron chi connectivity index (χ1n) is 6.99. The second-order valence-electron chi connectivity index (χ2n) is 5.26. The summed E-state index contributed by atoms with van der Waals surface area (Å²) in [6.45, 7) is 0.164. The fourth-order valence-corrected chi connectivity index (χ4v) is 2.45. The van der Waals surface area contributed by atoms with Gasteiger partial charge in [-0.1, -0.05) is 42.5 Å². The third-order valence-electron chi connectivity index (χ3n) is 3.66. The van der Waals surface area contributed by atoms with Gasteiger partial charge in [-0.3, -0.25) is 20.6 Å². The largest absolute Gasteiger partial charge is 0.345 e. The lowest BCUT2D eigenvalue weighted by molar-refractivity contribution is -0.386. The summed E-state index contributed by atoms with van der Waals surface area (Å²) < 4.78 is 5.60. The van der Waals surface area contributed by atoms with Crippen molar-refractivity contribution in [2.75, 3.05) is 0 Å². The Morgan fingerprint density at radius 3 is 2.50 bits per heavy atom. The Bertz CT molecular complexity index is 899. The van der Waals surface area contributed by atoms with E-state index in [1.165, 1.54) is 18.2 Å². The highest BCUT2D eigenvalue weighted by Gasteiger charge is 2.34.